The highest BCUT2D eigenvalue weighted by atomic mass is 35.5. The maximum absolute atomic E-state index is 5.66. The topological polar surface area (TPSA) is 64.4 Å². The van der Waals surface area contributed by atoms with Crippen LogP contribution in [-0.4, -0.2) is 16.7 Å². The first-order valence-corrected chi connectivity index (χ1v) is 6.63. The molecule has 1 heterocycles. The summed E-state index contributed by atoms with van der Waals surface area (Å²) in [5.41, 5.74) is 8.22. The molecule has 0 aliphatic heterocycles. The molecule has 2 aromatic rings. The molecule has 0 atom stereocenters. The lowest BCUT2D eigenvalue weighted by Crippen LogP contribution is -2.12. The van der Waals surface area contributed by atoms with Crippen LogP contribution in [0.2, 0.25) is 0 Å². The summed E-state index contributed by atoms with van der Waals surface area (Å²) in [6, 6.07) is 7.56. The zero-order valence-corrected chi connectivity index (χ0v) is 11.7. The summed E-state index contributed by atoms with van der Waals surface area (Å²) in [5.74, 6) is 2.06. The van der Waals surface area contributed by atoms with Crippen molar-refractivity contribution in [3.63, 3.8) is 0 Å². The van der Waals surface area contributed by atoms with Gasteiger partial charge in [-0.25, -0.2) is 9.98 Å². The van der Waals surface area contributed by atoms with E-state index in [1.54, 1.807) is 0 Å². The fourth-order valence-electron chi connectivity index (χ4n) is 1.78. The third-order valence-corrected chi connectivity index (χ3v) is 3.00. The summed E-state index contributed by atoms with van der Waals surface area (Å²) in [5, 5.41) is 0. The van der Waals surface area contributed by atoms with E-state index in [9.17, 15) is 0 Å². The number of nitrogens with zero attached hydrogens (tertiary/aromatic N) is 2. The average Bonchev–Trinajstić information content (AvgIpc) is 2.80. The SMILES string of the molecule is CCc1nc(-c2cccc(N=C(N)CCl)c2)oc1C. The van der Waals surface area contributed by atoms with Crippen molar-refractivity contribution >= 4 is 23.1 Å². The standard InChI is InChI=1S/C14H16ClN3O/c1-3-12-9(2)19-14(18-12)10-5-4-6-11(7-10)17-13(16)8-15/h4-7H,3,8H2,1-2H3,(H2,16,17). The summed E-state index contributed by atoms with van der Waals surface area (Å²) in [6.45, 7) is 3.97. The molecular weight excluding hydrogens is 262 g/mol. The lowest BCUT2D eigenvalue weighted by molar-refractivity contribution is 0.539. The van der Waals surface area contributed by atoms with Gasteiger partial charge in [0.25, 0.3) is 0 Å². The highest BCUT2D eigenvalue weighted by molar-refractivity contribution is 6.28. The third-order valence-electron chi connectivity index (χ3n) is 2.73. The quantitative estimate of drug-likeness (QED) is 0.529. The number of amidine groups is 1. The number of hydrogen-bond donors (Lipinski definition) is 1. The Balaban J connectivity index is 2.37. The van der Waals surface area contributed by atoms with Crippen molar-refractivity contribution in [1.29, 1.82) is 0 Å². The molecule has 19 heavy (non-hydrogen) atoms. The molecular formula is C14H16ClN3O. The number of aryl methyl sites for hydroxylation is 2. The van der Waals surface area contributed by atoms with Gasteiger partial charge in [-0.1, -0.05) is 13.0 Å². The van der Waals surface area contributed by atoms with Crippen LogP contribution in [0.1, 0.15) is 18.4 Å². The maximum atomic E-state index is 5.66. The minimum atomic E-state index is 0.211. The van der Waals surface area contributed by atoms with Gasteiger partial charge in [-0.05, 0) is 31.5 Å². The molecule has 0 unspecified atom stereocenters. The predicted molar refractivity (Wildman–Crippen MR) is 78.1 cm³/mol. The van der Waals surface area contributed by atoms with Crippen molar-refractivity contribution in [2.75, 3.05) is 5.88 Å². The molecule has 0 fully saturated rings. The fraction of sp³-hybridized carbons (Fsp3) is 0.286. The van der Waals surface area contributed by atoms with Crippen molar-refractivity contribution in [2.45, 2.75) is 20.3 Å². The molecule has 4 nitrogen and oxygen atoms in total. The molecule has 0 saturated carbocycles. The molecule has 0 saturated heterocycles. The van der Waals surface area contributed by atoms with E-state index < -0.39 is 0 Å². The molecule has 100 valence electrons. The van der Waals surface area contributed by atoms with Crippen molar-refractivity contribution in [1.82, 2.24) is 4.98 Å². The minimum Gasteiger partial charge on any atom is -0.441 e. The number of aliphatic imine (C=N–C) groups is 1. The van der Waals surface area contributed by atoms with Crippen LogP contribution in [-0.2, 0) is 6.42 Å². The molecule has 0 aliphatic rings. The Morgan fingerprint density at radius 1 is 1.47 bits per heavy atom. The smallest absolute Gasteiger partial charge is 0.226 e. The Hall–Kier alpha value is -1.81. The molecule has 2 N–H and O–H groups in total. The van der Waals surface area contributed by atoms with E-state index in [1.165, 1.54) is 0 Å². The third kappa shape index (κ3) is 3.15. The molecule has 0 bridgehead atoms. The van der Waals surface area contributed by atoms with E-state index >= 15 is 0 Å². The van der Waals surface area contributed by atoms with Crippen LogP contribution >= 0.6 is 11.6 Å². The monoisotopic (exact) mass is 277 g/mol. The summed E-state index contributed by atoms with van der Waals surface area (Å²) in [6.07, 6.45) is 0.854. The summed E-state index contributed by atoms with van der Waals surface area (Å²) < 4.78 is 5.66. The number of aromatic nitrogens is 1. The van der Waals surface area contributed by atoms with Crippen molar-refractivity contribution in [2.24, 2.45) is 10.7 Å². The molecule has 0 radical (unpaired) electrons. The van der Waals surface area contributed by atoms with E-state index in [-0.39, 0.29) is 5.88 Å². The highest BCUT2D eigenvalue weighted by Crippen LogP contribution is 2.25. The van der Waals surface area contributed by atoms with Crippen LogP contribution in [0.25, 0.3) is 11.5 Å². The Morgan fingerprint density at radius 2 is 2.26 bits per heavy atom. The molecule has 0 amide bonds. The van der Waals surface area contributed by atoms with E-state index in [0.717, 1.165) is 29.1 Å². The van der Waals surface area contributed by atoms with Gasteiger partial charge >= 0.3 is 0 Å². The lowest BCUT2D eigenvalue weighted by atomic mass is 10.2. The van der Waals surface area contributed by atoms with Crippen molar-refractivity contribution in [3.8, 4) is 11.5 Å². The molecule has 0 spiro atoms. The number of alkyl halides is 1. The Morgan fingerprint density at radius 3 is 2.89 bits per heavy atom. The number of rotatable bonds is 4. The van der Waals surface area contributed by atoms with Gasteiger partial charge in [0, 0.05) is 5.56 Å². The molecule has 2 rings (SSSR count). The number of halogens is 1. The number of oxazole rings is 1. The Kier molecular flexibility index (Phi) is 4.22. The first-order valence-electron chi connectivity index (χ1n) is 6.09. The largest absolute Gasteiger partial charge is 0.441 e. The van der Waals surface area contributed by atoms with Gasteiger partial charge in [-0.2, -0.15) is 0 Å². The van der Waals surface area contributed by atoms with Gasteiger partial charge in [-0.15, -0.1) is 11.6 Å². The zero-order valence-electron chi connectivity index (χ0n) is 11.0. The highest BCUT2D eigenvalue weighted by Gasteiger charge is 2.10. The van der Waals surface area contributed by atoms with Gasteiger partial charge in [0.2, 0.25) is 5.89 Å². The van der Waals surface area contributed by atoms with Crippen LogP contribution in [0.3, 0.4) is 0 Å². The summed E-state index contributed by atoms with van der Waals surface area (Å²) in [7, 11) is 0. The maximum Gasteiger partial charge on any atom is 0.226 e. The van der Waals surface area contributed by atoms with E-state index in [1.807, 2.05) is 31.2 Å². The lowest BCUT2D eigenvalue weighted by Gasteiger charge is -1.99. The molecule has 0 aliphatic carbocycles. The second-order valence-electron chi connectivity index (χ2n) is 4.16. The molecule has 1 aromatic heterocycles. The average molecular weight is 278 g/mol. The van der Waals surface area contributed by atoms with E-state index in [2.05, 4.69) is 16.9 Å². The molecule has 1 aromatic carbocycles. The van der Waals surface area contributed by atoms with Crippen LogP contribution in [0.15, 0.2) is 33.7 Å². The van der Waals surface area contributed by atoms with Gasteiger partial charge in [-0.3, -0.25) is 0 Å². The second kappa shape index (κ2) is 5.89. The van der Waals surface area contributed by atoms with Gasteiger partial charge in [0.15, 0.2) is 0 Å². The van der Waals surface area contributed by atoms with Gasteiger partial charge < -0.3 is 10.2 Å². The summed E-state index contributed by atoms with van der Waals surface area (Å²) >= 11 is 5.61. The first kappa shape index (κ1) is 13.6. The van der Waals surface area contributed by atoms with Crippen LogP contribution in [0.5, 0.6) is 0 Å². The van der Waals surface area contributed by atoms with Crippen molar-refractivity contribution < 1.29 is 4.42 Å². The van der Waals surface area contributed by atoms with Crippen molar-refractivity contribution in [3.05, 3.63) is 35.7 Å². The van der Waals surface area contributed by atoms with E-state index in [0.29, 0.717) is 11.7 Å². The normalized spacial score (nSPS) is 11.8. The Labute approximate surface area is 117 Å². The number of nitrogens with two attached hydrogens (primary N) is 1. The predicted octanol–water partition coefficient (Wildman–Crippen LogP) is 3.44. The second-order valence-corrected chi connectivity index (χ2v) is 4.43. The number of benzene rings is 1. The van der Waals surface area contributed by atoms with Crippen LogP contribution in [0, 0.1) is 6.92 Å². The number of hydrogen-bond acceptors (Lipinski definition) is 3. The van der Waals surface area contributed by atoms with E-state index in [4.69, 9.17) is 21.8 Å². The minimum absolute atomic E-state index is 0.211. The van der Waals surface area contributed by atoms with Gasteiger partial charge in [0.05, 0.1) is 17.3 Å². The molecule has 5 heteroatoms. The Bertz CT molecular complexity index is 604. The van der Waals surface area contributed by atoms with Crippen LogP contribution < -0.4 is 5.73 Å². The van der Waals surface area contributed by atoms with Gasteiger partial charge in [0.1, 0.15) is 11.6 Å². The zero-order chi connectivity index (χ0) is 13.8. The summed E-state index contributed by atoms with van der Waals surface area (Å²) in [4.78, 5) is 8.67. The van der Waals surface area contributed by atoms with Crippen LogP contribution in [0.4, 0.5) is 5.69 Å². The first-order chi connectivity index (χ1) is 9.13. The fourth-order valence-corrected chi connectivity index (χ4v) is 1.84.